The van der Waals surface area contributed by atoms with E-state index in [0.717, 1.165) is 40.5 Å². The van der Waals surface area contributed by atoms with E-state index in [0.29, 0.717) is 0 Å². The van der Waals surface area contributed by atoms with E-state index in [9.17, 15) is 0 Å². The third kappa shape index (κ3) is 2.79. The summed E-state index contributed by atoms with van der Waals surface area (Å²) in [7, 11) is 0. The molecule has 0 radical (unpaired) electrons. The van der Waals surface area contributed by atoms with Gasteiger partial charge in [0, 0.05) is 13.1 Å². The van der Waals surface area contributed by atoms with Gasteiger partial charge in [-0.2, -0.15) is 0 Å². The largest absolute Gasteiger partial charge is 0.397 e. The maximum Gasteiger partial charge on any atom is 0.143 e. The molecule has 1 unspecified atom stereocenters. The first-order chi connectivity index (χ1) is 8.63. The summed E-state index contributed by atoms with van der Waals surface area (Å²) in [6, 6.07) is 0. The summed E-state index contributed by atoms with van der Waals surface area (Å²) in [5.41, 5.74) is 7.73. The molecule has 1 aromatic rings. The van der Waals surface area contributed by atoms with Crippen molar-refractivity contribution in [3.63, 3.8) is 0 Å². The number of halogens is 1. The predicted molar refractivity (Wildman–Crippen MR) is 80.9 cm³/mol. The second-order valence-electron chi connectivity index (χ2n) is 5.17. The molecule has 4 heteroatoms. The Kier molecular flexibility index (Phi) is 4.49. The van der Waals surface area contributed by atoms with Crippen LogP contribution in [0.25, 0.3) is 0 Å². The molecular weight excluding hydrogens is 290 g/mol. The van der Waals surface area contributed by atoms with Crippen molar-refractivity contribution in [3.05, 3.63) is 16.2 Å². The van der Waals surface area contributed by atoms with Crippen molar-refractivity contribution >= 4 is 27.4 Å². The lowest BCUT2D eigenvalue weighted by Gasteiger charge is -2.24. The topological polar surface area (TPSA) is 42.2 Å². The van der Waals surface area contributed by atoms with Gasteiger partial charge in [0.2, 0.25) is 0 Å². The van der Waals surface area contributed by atoms with Crippen LogP contribution in [0.3, 0.4) is 0 Å². The summed E-state index contributed by atoms with van der Waals surface area (Å²) in [4.78, 5) is 6.90. The van der Waals surface area contributed by atoms with Crippen LogP contribution in [-0.2, 0) is 0 Å². The minimum absolute atomic E-state index is 0.756. The lowest BCUT2D eigenvalue weighted by atomic mass is 9.98. The highest BCUT2D eigenvalue weighted by Gasteiger charge is 2.19. The Hall–Kier alpha value is -0.770. The van der Waals surface area contributed by atoms with E-state index in [4.69, 9.17) is 5.73 Å². The van der Waals surface area contributed by atoms with Crippen LogP contribution in [0, 0.1) is 12.8 Å². The Morgan fingerprint density at radius 3 is 2.94 bits per heavy atom. The normalized spacial score (nSPS) is 20.8. The number of nitrogens with zero attached hydrogens (tertiary/aromatic N) is 2. The van der Waals surface area contributed by atoms with Crippen LogP contribution in [0.1, 0.15) is 38.2 Å². The second kappa shape index (κ2) is 5.91. The van der Waals surface area contributed by atoms with Crippen LogP contribution in [-0.4, -0.2) is 18.1 Å². The minimum atomic E-state index is 0.756. The standard InChI is InChI=1S/C14H22BrN3/c1-3-11-5-4-7-18(8-6-11)14-13(15)10(2)12(16)9-17-14/h9,11H,3-8,16H2,1-2H3. The lowest BCUT2D eigenvalue weighted by molar-refractivity contribution is 0.459. The minimum Gasteiger partial charge on any atom is -0.397 e. The summed E-state index contributed by atoms with van der Waals surface area (Å²) < 4.78 is 1.05. The first-order valence-electron chi connectivity index (χ1n) is 6.79. The van der Waals surface area contributed by atoms with E-state index in [2.05, 4.69) is 32.7 Å². The fraction of sp³-hybridized carbons (Fsp3) is 0.643. The maximum atomic E-state index is 5.88. The number of nitrogens with two attached hydrogens (primary N) is 1. The van der Waals surface area contributed by atoms with E-state index in [1.807, 2.05) is 6.92 Å². The molecule has 0 saturated carbocycles. The Balaban J connectivity index is 2.19. The average Bonchev–Trinajstić information content (AvgIpc) is 2.61. The van der Waals surface area contributed by atoms with Crippen LogP contribution >= 0.6 is 15.9 Å². The van der Waals surface area contributed by atoms with Gasteiger partial charge in [0.25, 0.3) is 0 Å². The van der Waals surface area contributed by atoms with Gasteiger partial charge < -0.3 is 10.6 Å². The highest BCUT2D eigenvalue weighted by molar-refractivity contribution is 9.10. The van der Waals surface area contributed by atoms with Crippen molar-refractivity contribution in [2.45, 2.75) is 39.5 Å². The van der Waals surface area contributed by atoms with E-state index in [1.165, 1.54) is 25.7 Å². The molecule has 2 heterocycles. The van der Waals surface area contributed by atoms with Crippen molar-refractivity contribution in [3.8, 4) is 0 Å². The Morgan fingerprint density at radius 2 is 2.22 bits per heavy atom. The molecule has 18 heavy (non-hydrogen) atoms. The highest BCUT2D eigenvalue weighted by atomic mass is 79.9. The summed E-state index contributed by atoms with van der Waals surface area (Å²) in [5, 5.41) is 0. The predicted octanol–water partition coefficient (Wildman–Crippen LogP) is 3.75. The number of pyridine rings is 1. The van der Waals surface area contributed by atoms with Gasteiger partial charge in [-0.1, -0.05) is 13.3 Å². The SMILES string of the molecule is CCC1CCCN(c2ncc(N)c(C)c2Br)CC1. The number of hydrogen-bond acceptors (Lipinski definition) is 3. The first kappa shape index (κ1) is 13.7. The van der Waals surface area contributed by atoms with Crippen LogP contribution < -0.4 is 10.6 Å². The van der Waals surface area contributed by atoms with Crippen molar-refractivity contribution in [2.24, 2.45) is 5.92 Å². The third-order valence-electron chi connectivity index (χ3n) is 4.01. The molecule has 1 aliphatic rings. The maximum absolute atomic E-state index is 5.88. The molecule has 2 N–H and O–H groups in total. The Bertz CT molecular complexity index is 420. The summed E-state index contributed by atoms with van der Waals surface area (Å²) in [6.07, 6.45) is 6.95. The molecular formula is C14H22BrN3. The smallest absolute Gasteiger partial charge is 0.143 e. The van der Waals surface area contributed by atoms with E-state index >= 15 is 0 Å². The van der Waals surface area contributed by atoms with Gasteiger partial charge in [-0.05, 0) is 53.6 Å². The number of anilines is 2. The van der Waals surface area contributed by atoms with Gasteiger partial charge in [0.05, 0.1) is 16.4 Å². The fourth-order valence-corrected chi connectivity index (χ4v) is 3.17. The molecule has 0 aliphatic carbocycles. The fourth-order valence-electron chi connectivity index (χ4n) is 2.58. The Labute approximate surface area is 118 Å². The van der Waals surface area contributed by atoms with Crippen LogP contribution in [0.15, 0.2) is 10.7 Å². The molecule has 0 spiro atoms. The van der Waals surface area contributed by atoms with Crippen LogP contribution in [0.2, 0.25) is 0 Å². The molecule has 3 nitrogen and oxygen atoms in total. The molecule has 1 fully saturated rings. The molecule has 1 aromatic heterocycles. The third-order valence-corrected chi connectivity index (χ3v) is 4.96. The number of nitrogen functional groups attached to an aromatic ring is 1. The van der Waals surface area contributed by atoms with Gasteiger partial charge in [0.15, 0.2) is 0 Å². The zero-order chi connectivity index (χ0) is 13.1. The second-order valence-corrected chi connectivity index (χ2v) is 5.96. The van der Waals surface area contributed by atoms with Gasteiger partial charge in [-0.25, -0.2) is 4.98 Å². The first-order valence-corrected chi connectivity index (χ1v) is 7.58. The average molecular weight is 312 g/mol. The zero-order valence-electron chi connectivity index (χ0n) is 11.2. The van der Waals surface area contributed by atoms with Gasteiger partial charge in [0.1, 0.15) is 5.82 Å². The zero-order valence-corrected chi connectivity index (χ0v) is 12.8. The van der Waals surface area contributed by atoms with Crippen molar-refractivity contribution in [1.82, 2.24) is 4.98 Å². The van der Waals surface area contributed by atoms with E-state index < -0.39 is 0 Å². The molecule has 1 aliphatic heterocycles. The molecule has 0 aromatic carbocycles. The number of rotatable bonds is 2. The number of hydrogen-bond donors (Lipinski definition) is 1. The van der Waals surface area contributed by atoms with Crippen LogP contribution in [0.5, 0.6) is 0 Å². The lowest BCUT2D eigenvalue weighted by Crippen LogP contribution is -2.26. The van der Waals surface area contributed by atoms with Gasteiger partial charge >= 0.3 is 0 Å². The van der Waals surface area contributed by atoms with Crippen molar-refractivity contribution < 1.29 is 0 Å². The summed E-state index contributed by atoms with van der Waals surface area (Å²) in [6.45, 7) is 6.54. The van der Waals surface area contributed by atoms with Gasteiger partial charge in [-0.3, -0.25) is 0 Å². The van der Waals surface area contributed by atoms with Crippen molar-refractivity contribution in [2.75, 3.05) is 23.7 Å². The summed E-state index contributed by atoms with van der Waals surface area (Å²) in [5.74, 6) is 1.93. The molecule has 100 valence electrons. The molecule has 1 saturated heterocycles. The van der Waals surface area contributed by atoms with E-state index in [1.54, 1.807) is 6.20 Å². The van der Waals surface area contributed by atoms with E-state index in [-0.39, 0.29) is 0 Å². The Morgan fingerprint density at radius 1 is 1.44 bits per heavy atom. The van der Waals surface area contributed by atoms with Crippen molar-refractivity contribution in [1.29, 1.82) is 0 Å². The molecule has 0 amide bonds. The molecule has 2 rings (SSSR count). The summed E-state index contributed by atoms with van der Waals surface area (Å²) >= 11 is 3.64. The highest BCUT2D eigenvalue weighted by Crippen LogP contribution is 2.32. The monoisotopic (exact) mass is 311 g/mol. The van der Waals surface area contributed by atoms with Crippen LogP contribution in [0.4, 0.5) is 11.5 Å². The molecule has 1 atom stereocenters. The quantitative estimate of drug-likeness (QED) is 0.904. The number of aromatic nitrogens is 1. The molecule has 0 bridgehead atoms. The van der Waals surface area contributed by atoms with Gasteiger partial charge in [-0.15, -0.1) is 0 Å².